The van der Waals surface area contributed by atoms with Crippen molar-refractivity contribution >= 4 is 23.7 Å². The molecule has 0 bridgehead atoms. The zero-order valence-corrected chi connectivity index (χ0v) is 10.8. The van der Waals surface area contributed by atoms with Crippen molar-refractivity contribution in [2.75, 3.05) is 23.7 Å². The van der Waals surface area contributed by atoms with Crippen molar-refractivity contribution in [3.8, 4) is 0 Å². The Kier molecular flexibility index (Phi) is 3.56. The summed E-state index contributed by atoms with van der Waals surface area (Å²) in [5.74, 6) is 0.695. The minimum Gasteiger partial charge on any atom is -0.481 e. The Morgan fingerprint density at radius 3 is 2.94 bits per heavy atom. The van der Waals surface area contributed by atoms with Crippen LogP contribution in [-0.2, 0) is 11.8 Å². The molecule has 1 aromatic rings. The Hall–Kier alpha value is -1.24. The molecule has 0 aromatic carbocycles. The second-order valence-electron chi connectivity index (χ2n) is 4.36. The molecule has 1 unspecified atom stereocenters. The first kappa shape index (κ1) is 12.2. The highest BCUT2D eigenvalue weighted by Gasteiger charge is 2.23. The van der Waals surface area contributed by atoms with E-state index in [9.17, 15) is 4.79 Å². The predicted octanol–water partition coefficient (Wildman–Crippen LogP) is 0.838. The quantitative estimate of drug-likeness (QED) is 0.805. The minimum absolute atomic E-state index is 0.0162. The Balaban J connectivity index is 2.07. The second-order valence-corrected chi connectivity index (χ2v) is 5.31. The third-order valence-electron chi connectivity index (χ3n) is 2.84. The molecule has 0 saturated carbocycles. The summed E-state index contributed by atoms with van der Waals surface area (Å²) in [4.78, 5) is 12.7. The number of anilines is 1. The van der Waals surface area contributed by atoms with Crippen LogP contribution in [0.25, 0.3) is 0 Å². The van der Waals surface area contributed by atoms with Gasteiger partial charge in [-0.1, -0.05) is 18.7 Å². The largest absolute Gasteiger partial charge is 0.481 e. The van der Waals surface area contributed by atoms with E-state index in [2.05, 4.69) is 22.0 Å². The van der Waals surface area contributed by atoms with E-state index in [1.54, 1.807) is 0 Å². The van der Waals surface area contributed by atoms with Crippen LogP contribution in [0, 0.1) is 5.92 Å². The highest BCUT2D eigenvalue weighted by Crippen LogP contribution is 2.24. The lowest BCUT2D eigenvalue weighted by Gasteiger charge is -2.16. The van der Waals surface area contributed by atoms with Crippen molar-refractivity contribution in [2.24, 2.45) is 13.0 Å². The fourth-order valence-corrected chi connectivity index (χ4v) is 2.58. The molecule has 1 aliphatic rings. The van der Waals surface area contributed by atoms with Crippen LogP contribution < -0.4 is 4.90 Å². The van der Waals surface area contributed by atoms with Crippen molar-refractivity contribution in [1.82, 2.24) is 14.8 Å². The summed E-state index contributed by atoms with van der Waals surface area (Å²) in [6.07, 6.45) is 1.17. The molecule has 6 nitrogen and oxygen atoms in total. The molecule has 1 saturated heterocycles. The first-order valence-electron chi connectivity index (χ1n) is 5.57. The van der Waals surface area contributed by atoms with Gasteiger partial charge in [0, 0.05) is 20.1 Å². The molecule has 1 fully saturated rings. The highest BCUT2D eigenvalue weighted by molar-refractivity contribution is 7.99. The first-order valence-corrected chi connectivity index (χ1v) is 6.55. The molecular formula is C10H16N4O2S. The van der Waals surface area contributed by atoms with Crippen LogP contribution in [0.15, 0.2) is 5.16 Å². The van der Waals surface area contributed by atoms with Gasteiger partial charge in [0.05, 0.1) is 5.75 Å². The summed E-state index contributed by atoms with van der Waals surface area (Å²) in [5.41, 5.74) is 0. The number of aliphatic carboxylic acids is 1. The maximum atomic E-state index is 10.5. The molecule has 0 amide bonds. The molecule has 1 aliphatic heterocycles. The van der Waals surface area contributed by atoms with E-state index < -0.39 is 5.97 Å². The monoisotopic (exact) mass is 256 g/mol. The van der Waals surface area contributed by atoms with Crippen LogP contribution in [-0.4, -0.2) is 44.7 Å². The number of hydrogen-bond donors (Lipinski definition) is 1. The molecule has 0 radical (unpaired) electrons. The van der Waals surface area contributed by atoms with Gasteiger partial charge in [-0.15, -0.1) is 10.2 Å². The van der Waals surface area contributed by atoms with Gasteiger partial charge >= 0.3 is 5.97 Å². The van der Waals surface area contributed by atoms with E-state index in [-0.39, 0.29) is 5.75 Å². The fourth-order valence-electron chi connectivity index (χ4n) is 1.95. The van der Waals surface area contributed by atoms with E-state index in [1.807, 2.05) is 11.6 Å². The molecule has 1 N–H and O–H groups in total. The number of aromatic nitrogens is 3. The van der Waals surface area contributed by atoms with Crippen LogP contribution in [0.3, 0.4) is 0 Å². The molecule has 2 rings (SSSR count). The number of nitrogens with zero attached hydrogens (tertiary/aromatic N) is 4. The van der Waals surface area contributed by atoms with Gasteiger partial charge in [0.15, 0.2) is 5.16 Å². The summed E-state index contributed by atoms with van der Waals surface area (Å²) in [6, 6.07) is 0. The fraction of sp³-hybridized carbons (Fsp3) is 0.700. The van der Waals surface area contributed by atoms with E-state index in [0.717, 1.165) is 19.0 Å². The highest BCUT2D eigenvalue weighted by atomic mass is 32.2. The summed E-state index contributed by atoms with van der Waals surface area (Å²) >= 11 is 1.20. The second kappa shape index (κ2) is 4.95. The van der Waals surface area contributed by atoms with Gasteiger partial charge in [-0.05, 0) is 12.3 Å². The van der Waals surface area contributed by atoms with Crippen molar-refractivity contribution in [2.45, 2.75) is 18.5 Å². The molecule has 0 spiro atoms. The zero-order valence-electron chi connectivity index (χ0n) is 9.96. The maximum Gasteiger partial charge on any atom is 0.313 e. The van der Waals surface area contributed by atoms with Crippen LogP contribution in [0.2, 0.25) is 0 Å². The van der Waals surface area contributed by atoms with Crippen molar-refractivity contribution in [1.29, 1.82) is 0 Å². The van der Waals surface area contributed by atoms with Crippen LogP contribution in [0.5, 0.6) is 0 Å². The van der Waals surface area contributed by atoms with E-state index >= 15 is 0 Å². The average molecular weight is 256 g/mol. The number of thioether (sulfide) groups is 1. The number of rotatable bonds is 4. The lowest BCUT2D eigenvalue weighted by atomic mass is 10.2. The van der Waals surface area contributed by atoms with Gasteiger partial charge < -0.3 is 10.0 Å². The van der Waals surface area contributed by atoms with Crippen LogP contribution in [0.4, 0.5) is 5.95 Å². The normalized spacial score (nSPS) is 19.9. The van der Waals surface area contributed by atoms with Crippen LogP contribution >= 0.6 is 11.8 Å². The predicted molar refractivity (Wildman–Crippen MR) is 65.4 cm³/mol. The summed E-state index contributed by atoms with van der Waals surface area (Å²) in [7, 11) is 1.88. The van der Waals surface area contributed by atoms with E-state index in [0.29, 0.717) is 11.1 Å². The minimum atomic E-state index is -0.839. The SMILES string of the molecule is CC1CCN(c2nnc(SCC(=O)O)n2C)C1. The van der Waals surface area contributed by atoms with Gasteiger partial charge in [-0.3, -0.25) is 9.36 Å². The molecule has 1 aromatic heterocycles. The number of carboxylic acid groups (broad SMARTS) is 1. The van der Waals surface area contributed by atoms with Crippen molar-refractivity contribution < 1.29 is 9.90 Å². The Labute approximate surface area is 104 Å². The Bertz CT molecular complexity index is 420. The summed E-state index contributed by atoms with van der Waals surface area (Å²) < 4.78 is 1.87. The molecular weight excluding hydrogens is 240 g/mol. The van der Waals surface area contributed by atoms with E-state index in [1.165, 1.54) is 18.2 Å². The lowest BCUT2D eigenvalue weighted by molar-refractivity contribution is -0.133. The van der Waals surface area contributed by atoms with Crippen molar-refractivity contribution in [3.05, 3.63) is 0 Å². The lowest BCUT2D eigenvalue weighted by Crippen LogP contribution is -2.22. The standard InChI is InChI=1S/C10H16N4O2S/c1-7-3-4-14(5-7)9-11-12-10(13(9)2)17-6-8(15)16/h7H,3-6H2,1-2H3,(H,15,16). The molecule has 94 valence electrons. The molecule has 1 atom stereocenters. The molecule has 2 heterocycles. The third kappa shape index (κ3) is 2.71. The Morgan fingerprint density at radius 1 is 1.59 bits per heavy atom. The van der Waals surface area contributed by atoms with Crippen LogP contribution in [0.1, 0.15) is 13.3 Å². The number of hydrogen-bond acceptors (Lipinski definition) is 5. The zero-order chi connectivity index (χ0) is 12.4. The van der Waals surface area contributed by atoms with Gasteiger partial charge in [0.1, 0.15) is 0 Å². The maximum absolute atomic E-state index is 10.5. The smallest absolute Gasteiger partial charge is 0.313 e. The molecule has 0 aliphatic carbocycles. The summed E-state index contributed by atoms with van der Waals surface area (Å²) in [5, 5.41) is 17.4. The molecule has 7 heteroatoms. The van der Waals surface area contributed by atoms with Gasteiger partial charge in [0.25, 0.3) is 0 Å². The number of carboxylic acids is 1. The van der Waals surface area contributed by atoms with Crippen molar-refractivity contribution in [3.63, 3.8) is 0 Å². The third-order valence-corrected chi connectivity index (χ3v) is 3.85. The van der Waals surface area contributed by atoms with E-state index in [4.69, 9.17) is 5.11 Å². The topological polar surface area (TPSA) is 71.2 Å². The Morgan fingerprint density at radius 2 is 2.35 bits per heavy atom. The summed E-state index contributed by atoms with van der Waals surface area (Å²) in [6.45, 7) is 4.21. The molecule has 17 heavy (non-hydrogen) atoms. The average Bonchev–Trinajstić information content (AvgIpc) is 2.82. The van der Waals surface area contributed by atoms with Gasteiger partial charge in [0.2, 0.25) is 5.95 Å². The number of carbonyl (C=O) groups is 1. The first-order chi connectivity index (χ1) is 8.08. The van der Waals surface area contributed by atoms with Gasteiger partial charge in [-0.25, -0.2) is 0 Å². The van der Waals surface area contributed by atoms with Gasteiger partial charge in [-0.2, -0.15) is 0 Å².